The average Bonchev–Trinajstić information content (AvgIpc) is 2.85. The van der Waals surface area contributed by atoms with Gasteiger partial charge in [0.1, 0.15) is 0 Å². The Morgan fingerprint density at radius 3 is 1.54 bits per heavy atom. The minimum Gasteiger partial charge on any atom is -0.403 e. The van der Waals surface area contributed by atoms with Gasteiger partial charge in [0.05, 0.1) is 22.4 Å². The van der Waals surface area contributed by atoms with Crippen molar-refractivity contribution in [1.82, 2.24) is 4.98 Å². The lowest BCUT2D eigenvalue weighted by Crippen LogP contribution is -2.41. The van der Waals surface area contributed by atoms with Crippen molar-refractivity contribution in [3.63, 3.8) is 0 Å². The van der Waals surface area contributed by atoms with E-state index in [0.717, 1.165) is 5.69 Å². The van der Waals surface area contributed by atoms with Crippen molar-refractivity contribution in [1.29, 1.82) is 0 Å². The minimum absolute atomic E-state index is 0.119. The molecule has 142 valence electrons. The van der Waals surface area contributed by atoms with E-state index in [9.17, 15) is 0 Å². The maximum atomic E-state index is 6.34. The van der Waals surface area contributed by atoms with E-state index in [0.29, 0.717) is 6.42 Å². The first kappa shape index (κ1) is 19.9. The Balaban J connectivity index is 1.89. The normalized spacial score (nSPS) is 25.9. The third kappa shape index (κ3) is 3.47. The lowest BCUT2D eigenvalue weighted by Gasteiger charge is -2.32. The second-order valence-corrected chi connectivity index (χ2v) is 9.44. The molecular weight excluding hydrogens is 328 g/mol. The summed E-state index contributed by atoms with van der Waals surface area (Å²) >= 11 is 0. The standard InChI is InChI=1S/C19H31B2NO4/c1-16(2)17(3,4)24-20(23-16)15(13-14-11-9-10-12-22-14)21-25-18(5,6)19(7,8)26-21/h9-12,15H,13H2,1-8H3. The highest BCUT2D eigenvalue weighted by Gasteiger charge is 2.61. The third-order valence-corrected chi connectivity index (χ3v) is 6.41. The summed E-state index contributed by atoms with van der Waals surface area (Å²) in [4.78, 5) is 4.48. The van der Waals surface area contributed by atoms with Gasteiger partial charge in [0, 0.05) is 17.6 Å². The number of rotatable bonds is 4. The average molecular weight is 359 g/mol. The molecule has 1 aromatic heterocycles. The van der Waals surface area contributed by atoms with Crippen LogP contribution in [-0.4, -0.2) is 41.6 Å². The third-order valence-electron chi connectivity index (χ3n) is 6.41. The molecular formula is C19H31B2NO4. The number of aromatic nitrogens is 1. The van der Waals surface area contributed by atoms with Crippen LogP contribution >= 0.6 is 0 Å². The van der Waals surface area contributed by atoms with Crippen LogP contribution in [0.4, 0.5) is 0 Å². The van der Waals surface area contributed by atoms with Crippen molar-refractivity contribution in [2.45, 2.75) is 89.9 Å². The van der Waals surface area contributed by atoms with Crippen LogP contribution in [0.3, 0.4) is 0 Å². The molecule has 2 aliphatic rings. The van der Waals surface area contributed by atoms with E-state index < -0.39 is 36.6 Å². The first-order chi connectivity index (χ1) is 11.8. The molecule has 26 heavy (non-hydrogen) atoms. The van der Waals surface area contributed by atoms with Crippen molar-refractivity contribution in [2.24, 2.45) is 0 Å². The summed E-state index contributed by atoms with van der Waals surface area (Å²) in [7, 11) is -0.839. The molecule has 0 amide bonds. The van der Waals surface area contributed by atoms with E-state index in [1.54, 1.807) is 6.20 Å². The zero-order valence-electron chi connectivity index (χ0n) is 17.3. The van der Waals surface area contributed by atoms with Gasteiger partial charge in [-0.25, -0.2) is 0 Å². The molecule has 0 unspecified atom stereocenters. The van der Waals surface area contributed by atoms with Crippen LogP contribution in [0.1, 0.15) is 61.1 Å². The highest BCUT2D eigenvalue weighted by atomic mass is 16.7. The van der Waals surface area contributed by atoms with Crippen LogP contribution in [0.15, 0.2) is 24.4 Å². The SMILES string of the molecule is CC1(C)OB(C(Cc2ccccn2)B2OC(C)(C)C(C)(C)O2)OC1(C)C. The maximum absolute atomic E-state index is 6.34. The van der Waals surface area contributed by atoms with Crippen molar-refractivity contribution < 1.29 is 18.6 Å². The van der Waals surface area contributed by atoms with Crippen molar-refractivity contribution >= 4 is 14.2 Å². The Morgan fingerprint density at radius 1 is 0.769 bits per heavy atom. The molecule has 1 aromatic rings. The largest absolute Gasteiger partial charge is 0.459 e. The van der Waals surface area contributed by atoms with E-state index in [1.165, 1.54) is 0 Å². The zero-order chi connectivity index (χ0) is 19.4. The number of hydrogen-bond acceptors (Lipinski definition) is 5. The number of nitrogens with zero attached hydrogens (tertiary/aromatic N) is 1. The van der Waals surface area contributed by atoms with Gasteiger partial charge in [0.2, 0.25) is 0 Å². The Kier molecular flexibility index (Phi) is 4.84. The van der Waals surface area contributed by atoms with E-state index in [-0.39, 0.29) is 5.72 Å². The van der Waals surface area contributed by atoms with Gasteiger partial charge in [0.25, 0.3) is 0 Å². The van der Waals surface area contributed by atoms with Gasteiger partial charge in [-0.15, -0.1) is 0 Å². The number of hydrogen-bond donors (Lipinski definition) is 0. The first-order valence-electron chi connectivity index (χ1n) is 9.46. The van der Waals surface area contributed by atoms with Gasteiger partial charge >= 0.3 is 14.2 Å². The molecule has 0 N–H and O–H groups in total. The smallest absolute Gasteiger partial charge is 0.403 e. The van der Waals surface area contributed by atoms with Gasteiger partial charge in [-0.1, -0.05) is 6.07 Å². The van der Waals surface area contributed by atoms with Gasteiger partial charge < -0.3 is 18.6 Å². The fourth-order valence-corrected chi connectivity index (χ4v) is 3.21. The Morgan fingerprint density at radius 2 is 1.19 bits per heavy atom. The Labute approximate surface area is 158 Å². The molecule has 3 heterocycles. The van der Waals surface area contributed by atoms with Crippen LogP contribution in [0, 0.1) is 0 Å². The van der Waals surface area contributed by atoms with Crippen LogP contribution < -0.4 is 0 Å². The summed E-state index contributed by atoms with van der Waals surface area (Å²) in [6.07, 6.45) is 2.47. The molecule has 5 nitrogen and oxygen atoms in total. The highest BCUT2D eigenvalue weighted by molar-refractivity contribution is 6.68. The van der Waals surface area contributed by atoms with Crippen molar-refractivity contribution in [3.8, 4) is 0 Å². The van der Waals surface area contributed by atoms with Gasteiger partial charge in [-0.2, -0.15) is 0 Å². The maximum Gasteiger partial charge on any atom is 0.459 e. The summed E-state index contributed by atoms with van der Waals surface area (Å²) < 4.78 is 25.3. The predicted molar refractivity (Wildman–Crippen MR) is 104 cm³/mol. The molecule has 2 aliphatic heterocycles. The monoisotopic (exact) mass is 359 g/mol. The van der Waals surface area contributed by atoms with Gasteiger partial charge in [-0.3, -0.25) is 4.98 Å². The van der Waals surface area contributed by atoms with Crippen LogP contribution in [0.25, 0.3) is 0 Å². The second kappa shape index (κ2) is 6.33. The summed E-state index contributed by atoms with van der Waals surface area (Å²) in [6.45, 7) is 16.5. The fourth-order valence-electron chi connectivity index (χ4n) is 3.21. The molecule has 0 bridgehead atoms. The summed E-state index contributed by atoms with van der Waals surface area (Å²) in [5, 5.41) is 0. The number of pyridine rings is 1. The molecule has 0 spiro atoms. The Hall–Kier alpha value is -0.880. The topological polar surface area (TPSA) is 49.8 Å². The highest BCUT2D eigenvalue weighted by Crippen LogP contribution is 2.46. The zero-order valence-corrected chi connectivity index (χ0v) is 17.3. The van der Waals surface area contributed by atoms with E-state index in [1.807, 2.05) is 18.2 Å². The van der Waals surface area contributed by atoms with E-state index in [2.05, 4.69) is 60.4 Å². The molecule has 3 rings (SSSR count). The lowest BCUT2D eigenvalue weighted by atomic mass is 9.50. The second-order valence-electron chi connectivity index (χ2n) is 9.44. The fraction of sp³-hybridized carbons (Fsp3) is 0.737. The van der Waals surface area contributed by atoms with Crippen LogP contribution in [0.5, 0.6) is 0 Å². The molecule has 0 atom stereocenters. The summed E-state index contributed by atoms with van der Waals surface area (Å²) in [6, 6.07) is 5.93. The van der Waals surface area contributed by atoms with Crippen LogP contribution in [-0.2, 0) is 25.0 Å². The lowest BCUT2D eigenvalue weighted by molar-refractivity contribution is 0.00578. The van der Waals surface area contributed by atoms with E-state index in [4.69, 9.17) is 18.6 Å². The minimum atomic E-state index is -0.420. The summed E-state index contributed by atoms with van der Waals surface area (Å²) in [5.74, 6) is 0. The van der Waals surface area contributed by atoms with Gasteiger partial charge in [-0.05, 0) is 73.9 Å². The van der Waals surface area contributed by atoms with Gasteiger partial charge in [0.15, 0.2) is 0 Å². The molecule has 0 radical (unpaired) electrons. The quantitative estimate of drug-likeness (QED) is 0.767. The van der Waals surface area contributed by atoms with Crippen LogP contribution in [0.2, 0.25) is 5.72 Å². The molecule has 0 aliphatic carbocycles. The van der Waals surface area contributed by atoms with E-state index >= 15 is 0 Å². The molecule has 7 heteroatoms. The Bertz CT molecular complexity index is 580. The summed E-state index contributed by atoms with van der Waals surface area (Å²) in [5.41, 5.74) is -0.741. The molecule has 2 fully saturated rings. The molecule has 0 saturated carbocycles. The van der Waals surface area contributed by atoms with Crippen molar-refractivity contribution in [2.75, 3.05) is 0 Å². The first-order valence-corrected chi connectivity index (χ1v) is 9.46. The molecule has 2 saturated heterocycles. The predicted octanol–water partition coefficient (Wildman–Crippen LogP) is 3.72. The van der Waals surface area contributed by atoms with Crippen molar-refractivity contribution in [3.05, 3.63) is 30.1 Å². The molecule has 0 aromatic carbocycles.